The summed E-state index contributed by atoms with van der Waals surface area (Å²) in [5.74, 6) is 0.681. The minimum absolute atomic E-state index is 0.0289. The van der Waals surface area contributed by atoms with E-state index < -0.39 is 10.0 Å². The van der Waals surface area contributed by atoms with Crippen LogP contribution < -0.4 is 14.2 Å². The Morgan fingerprint density at radius 1 is 0.906 bits per heavy atom. The molecule has 0 aliphatic heterocycles. The van der Waals surface area contributed by atoms with E-state index in [0.29, 0.717) is 16.8 Å². The molecule has 4 aromatic rings. The van der Waals surface area contributed by atoms with Gasteiger partial charge in [-0.25, -0.2) is 18.4 Å². The van der Waals surface area contributed by atoms with Gasteiger partial charge in [-0.2, -0.15) is 0 Å². The van der Waals surface area contributed by atoms with E-state index in [4.69, 9.17) is 32.7 Å². The topological polar surface area (TPSA) is 90.4 Å². The zero-order valence-electron chi connectivity index (χ0n) is 16.7. The van der Waals surface area contributed by atoms with Crippen LogP contribution in [0, 0.1) is 0 Å². The second-order valence-electron chi connectivity index (χ2n) is 6.66. The Kier molecular flexibility index (Phi) is 6.36. The Morgan fingerprint density at radius 2 is 1.59 bits per heavy atom. The lowest BCUT2D eigenvalue weighted by atomic mass is 10.2. The summed E-state index contributed by atoms with van der Waals surface area (Å²) in [4.78, 5) is 8.67. The summed E-state index contributed by atoms with van der Waals surface area (Å²) >= 11 is 12.1. The molecule has 10 heteroatoms. The number of sulfonamides is 1. The number of anilines is 1. The molecule has 1 aromatic heterocycles. The highest BCUT2D eigenvalue weighted by molar-refractivity contribution is 7.92. The fourth-order valence-electron chi connectivity index (χ4n) is 2.90. The minimum Gasteiger partial charge on any atom is -0.497 e. The van der Waals surface area contributed by atoms with E-state index in [2.05, 4.69) is 14.7 Å². The molecule has 0 spiro atoms. The molecule has 0 saturated carbocycles. The van der Waals surface area contributed by atoms with Crippen LogP contribution in [0.3, 0.4) is 0 Å². The summed E-state index contributed by atoms with van der Waals surface area (Å²) in [5, 5.41) is 0.0335. The smallest absolute Gasteiger partial charge is 0.264 e. The third-order valence-electron chi connectivity index (χ3n) is 4.51. The van der Waals surface area contributed by atoms with Crippen LogP contribution in [0.4, 0.5) is 5.82 Å². The molecule has 0 unspecified atom stereocenters. The predicted octanol–water partition coefficient (Wildman–Crippen LogP) is 5.33. The van der Waals surface area contributed by atoms with Gasteiger partial charge in [-0.3, -0.25) is 4.72 Å². The Bertz CT molecular complexity index is 1380. The summed E-state index contributed by atoms with van der Waals surface area (Å²) in [7, 11) is -2.53. The maximum absolute atomic E-state index is 13.0. The van der Waals surface area contributed by atoms with Gasteiger partial charge in [-0.05, 0) is 42.0 Å². The SMILES string of the molecule is COc1ccc(COc2nc3ccccc3nc2NS(=O)(=O)c2cccc(Cl)c2Cl)cc1. The van der Waals surface area contributed by atoms with Crippen LogP contribution >= 0.6 is 23.2 Å². The number of nitrogens with one attached hydrogen (secondary N) is 1. The monoisotopic (exact) mass is 489 g/mol. The van der Waals surface area contributed by atoms with Crippen molar-refractivity contribution in [2.45, 2.75) is 11.5 Å². The quantitative estimate of drug-likeness (QED) is 0.377. The van der Waals surface area contributed by atoms with Crippen LogP contribution in [-0.4, -0.2) is 25.5 Å². The molecule has 1 N–H and O–H groups in total. The fourth-order valence-corrected chi connectivity index (χ4v) is 4.66. The fraction of sp³-hybridized carbons (Fsp3) is 0.0909. The number of halogens is 2. The number of ether oxygens (including phenoxy) is 2. The van der Waals surface area contributed by atoms with Gasteiger partial charge in [0.1, 0.15) is 17.3 Å². The normalized spacial score (nSPS) is 11.3. The molecule has 164 valence electrons. The number of hydrogen-bond donors (Lipinski definition) is 1. The Morgan fingerprint density at radius 3 is 2.28 bits per heavy atom. The third-order valence-corrected chi connectivity index (χ3v) is 6.82. The van der Waals surface area contributed by atoms with E-state index in [-0.39, 0.29) is 33.2 Å². The largest absolute Gasteiger partial charge is 0.497 e. The molecule has 0 aliphatic rings. The van der Waals surface area contributed by atoms with Crippen molar-refractivity contribution in [3.8, 4) is 11.6 Å². The van der Waals surface area contributed by atoms with E-state index in [1.165, 1.54) is 18.2 Å². The van der Waals surface area contributed by atoms with Crippen molar-refractivity contribution in [1.29, 1.82) is 0 Å². The highest BCUT2D eigenvalue weighted by Crippen LogP contribution is 2.32. The number of hydrogen-bond acceptors (Lipinski definition) is 6. The second-order valence-corrected chi connectivity index (χ2v) is 9.10. The molecule has 32 heavy (non-hydrogen) atoms. The van der Waals surface area contributed by atoms with Gasteiger partial charge in [-0.15, -0.1) is 0 Å². The first-order valence-electron chi connectivity index (χ1n) is 9.37. The van der Waals surface area contributed by atoms with E-state index in [0.717, 1.165) is 5.56 Å². The molecule has 1 heterocycles. The standard InChI is InChI=1S/C22H17Cl2N3O4S/c1-30-15-11-9-14(10-12-15)13-31-22-21(25-17-6-2-3-7-18(17)26-22)27-32(28,29)19-8-4-5-16(23)20(19)24/h2-12H,13H2,1H3,(H,25,27). The second kappa shape index (κ2) is 9.20. The lowest BCUT2D eigenvalue weighted by molar-refractivity contribution is 0.295. The minimum atomic E-state index is -4.12. The van der Waals surface area contributed by atoms with Crippen molar-refractivity contribution in [3.63, 3.8) is 0 Å². The molecule has 0 atom stereocenters. The highest BCUT2D eigenvalue weighted by atomic mass is 35.5. The van der Waals surface area contributed by atoms with Gasteiger partial charge in [-0.1, -0.05) is 53.5 Å². The number of methoxy groups -OCH3 is 1. The van der Waals surface area contributed by atoms with Crippen molar-refractivity contribution < 1.29 is 17.9 Å². The van der Waals surface area contributed by atoms with Crippen LogP contribution in [0.1, 0.15) is 5.56 Å². The van der Waals surface area contributed by atoms with E-state index in [1.54, 1.807) is 43.5 Å². The van der Waals surface area contributed by atoms with Gasteiger partial charge < -0.3 is 9.47 Å². The third kappa shape index (κ3) is 4.72. The number of benzene rings is 3. The zero-order chi connectivity index (χ0) is 22.7. The molecule has 0 aliphatic carbocycles. The molecular weight excluding hydrogens is 473 g/mol. The molecule has 0 amide bonds. The van der Waals surface area contributed by atoms with Crippen LogP contribution in [0.2, 0.25) is 10.0 Å². The number of nitrogens with zero attached hydrogens (tertiary/aromatic N) is 2. The maximum atomic E-state index is 13.0. The zero-order valence-corrected chi connectivity index (χ0v) is 19.1. The summed E-state index contributed by atoms with van der Waals surface area (Å²) in [6.45, 7) is 0.143. The van der Waals surface area contributed by atoms with Gasteiger partial charge in [0.2, 0.25) is 5.82 Å². The van der Waals surface area contributed by atoms with Gasteiger partial charge in [0.25, 0.3) is 15.9 Å². The predicted molar refractivity (Wildman–Crippen MR) is 124 cm³/mol. The molecule has 4 rings (SSSR count). The average molecular weight is 490 g/mol. The summed E-state index contributed by atoms with van der Waals surface area (Å²) < 4.78 is 39.5. The van der Waals surface area contributed by atoms with Crippen molar-refractivity contribution >= 4 is 50.1 Å². The number of aromatic nitrogens is 2. The molecule has 0 saturated heterocycles. The van der Waals surface area contributed by atoms with Gasteiger partial charge in [0.05, 0.1) is 28.2 Å². The van der Waals surface area contributed by atoms with Crippen molar-refractivity contribution in [2.75, 3.05) is 11.8 Å². The van der Waals surface area contributed by atoms with Crippen molar-refractivity contribution in [3.05, 3.63) is 82.3 Å². The van der Waals surface area contributed by atoms with Crippen LogP contribution in [0.5, 0.6) is 11.6 Å². The molecule has 0 fully saturated rings. The summed E-state index contributed by atoms with van der Waals surface area (Å²) in [6, 6.07) is 18.7. The van der Waals surface area contributed by atoms with E-state index in [9.17, 15) is 8.42 Å². The lowest BCUT2D eigenvalue weighted by Gasteiger charge is -2.14. The Labute approximate surface area is 195 Å². The van der Waals surface area contributed by atoms with Crippen molar-refractivity contribution in [2.24, 2.45) is 0 Å². The molecular formula is C22H17Cl2N3O4S. The van der Waals surface area contributed by atoms with Gasteiger partial charge in [0.15, 0.2) is 0 Å². The van der Waals surface area contributed by atoms with E-state index >= 15 is 0 Å². The van der Waals surface area contributed by atoms with Crippen LogP contribution in [0.15, 0.2) is 71.6 Å². The molecule has 3 aromatic carbocycles. The van der Waals surface area contributed by atoms with Crippen LogP contribution in [-0.2, 0) is 16.6 Å². The molecule has 7 nitrogen and oxygen atoms in total. The Balaban J connectivity index is 1.69. The number of para-hydroxylation sites is 2. The highest BCUT2D eigenvalue weighted by Gasteiger charge is 2.23. The molecule has 0 radical (unpaired) electrons. The van der Waals surface area contributed by atoms with Crippen molar-refractivity contribution in [1.82, 2.24) is 9.97 Å². The lowest BCUT2D eigenvalue weighted by Crippen LogP contribution is -2.16. The van der Waals surface area contributed by atoms with E-state index in [1.807, 2.05) is 12.1 Å². The first kappa shape index (κ1) is 22.1. The first-order chi connectivity index (χ1) is 15.4. The summed E-state index contributed by atoms with van der Waals surface area (Å²) in [6.07, 6.45) is 0. The average Bonchev–Trinajstić information content (AvgIpc) is 2.79. The van der Waals surface area contributed by atoms with Gasteiger partial charge in [0, 0.05) is 0 Å². The number of fused-ring (bicyclic) bond motifs is 1. The first-order valence-corrected chi connectivity index (χ1v) is 11.6. The Hall–Kier alpha value is -3.07. The number of rotatable bonds is 7. The summed E-state index contributed by atoms with van der Waals surface area (Å²) in [5.41, 5.74) is 1.90. The van der Waals surface area contributed by atoms with Crippen LogP contribution in [0.25, 0.3) is 11.0 Å². The van der Waals surface area contributed by atoms with Gasteiger partial charge >= 0.3 is 0 Å². The maximum Gasteiger partial charge on any atom is 0.264 e. The molecule has 0 bridgehead atoms.